The largest absolute Gasteiger partial charge is 0.339 e. The summed E-state index contributed by atoms with van der Waals surface area (Å²) in [5.74, 6) is 2.49. The highest BCUT2D eigenvalue weighted by Gasteiger charge is 2.27. The molecular weight excluding hydrogens is 468 g/mol. The summed E-state index contributed by atoms with van der Waals surface area (Å²) in [6.45, 7) is 9.13. The van der Waals surface area contributed by atoms with Crippen molar-refractivity contribution in [2.45, 2.75) is 80.9 Å². The summed E-state index contributed by atoms with van der Waals surface area (Å²) < 4.78 is 34.5. The molecule has 7 nitrogen and oxygen atoms in total. The summed E-state index contributed by atoms with van der Waals surface area (Å²) in [6, 6.07) is 6.96. The van der Waals surface area contributed by atoms with Crippen molar-refractivity contribution in [2.75, 3.05) is 0 Å². The van der Waals surface area contributed by atoms with E-state index in [1.165, 1.54) is 32.1 Å². The fourth-order valence-electron chi connectivity index (χ4n) is 4.77. The number of thiophene rings is 1. The highest BCUT2D eigenvalue weighted by molar-refractivity contribution is 7.93. The molecule has 4 aromatic rings. The van der Waals surface area contributed by atoms with Crippen molar-refractivity contribution in [2.24, 2.45) is 5.92 Å². The molecule has 0 radical (unpaired) electrons. The summed E-state index contributed by atoms with van der Waals surface area (Å²) >= 11 is 1.16. The first-order valence-electron chi connectivity index (χ1n) is 11.8. The number of benzene rings is 1. The predicted octanol–water partition coefficient (Wildman–Crippen LogP) is 6.17. The monoisotopic (exact) mass is 498 g/mol. The van der Waals surface area contributed by atoms with Crippen LogP contribution in [0.2, 0.25) is 0 Å². The Hall–Kier alpha value is -2.52. The van der Waals surface area contributed by atoms with E-state index in [1.807, 2.05) is 6.07 Å². The molecule has 0 saturated heterocycles. The zero-order valence-corrected chi connectivity index (χ0v) is 21.7. The Balaban J connectivity index is 1.53. The lowest BCUT2D eigenvalue weighted by Crippen LogP contribution is -2.22. The maximum Gasteiger partial charge on any atom is 0.223 e. The van der Waals surface area contributed by atoms with Crippen LogP contribution in [0.25, 0.3) is 22.4 Å². The molecule has 0 bridgehead atoms. The topological polar surface area (TPSA) is 90.9 Å². The van der Waals surface area contributed by atoms with Gasteiger partial charge in [-0.15, -0.1) is 11.3 Å². The van der Waals surface area contributed by atoms with Gasteiger partial charge in [0.05, 0.1) is 15.9 Å². The lowest BCUT2D eigenvalue weighted by atomic mass is 9.88. The van der Waals surface area contributed by atoms with Crippen molar-refractivity contribution in [1.29, 1.82) is 0 Å². The first-order chi connectivity index (χ1) is 16.1. The number of sulfone groups is 1. The van der Waals surface area contributed by atoms with E-state index in [4.69, 9.17) is 9.51 Å². The predicted molar refractivity (Wildman–Crippen MR) is 133 cm³/mol. The van der Waals surface area contributed by atoms with E-state index < -0.39 is 9.84 Å². The molecule has 1 aliphatic carbocycles. The fraction of sp³-hybridized carbons (Fsp3) is 0.480. The van der Waals surface area contributed by atoms with Crippen molar-refractivity contribution in [3.05, 3.63) is 41.4 Å². The first-order valence-corrected chi connectivity index (χ1v) is 14.1. The minimum atomic E-state index is -3.69. The van der Waals surface area contributed by atoms with E-state index in [-0.39, 0.29) is 14.5 Å². The third-order valence-corrected chi connectivity index (χ3v) is 9.68. The van der Waals surface area contributed by atoms with Gasteiger partial charge >= 0.3 is 0 Å². The summed E-state index contributed by atoms with van der Waals surface area (Å²) in [4.78, 5) is 9.39. The smallest absolute Gasteiger partial charge is 0.223 e. The van der Waals surface area contributed by atoms with Gasteiger partial charge in [-0.05, 0) is 43.0 Å². The van der Waals surface area contributed by atoms with Crippen LogP contribution in [-0.2, 0) is 21.8 Å². The Morgan fingerprint density at radius 1 is 1.12 bits per heavy atom. The van der Waals surface area contributed by atoms with Crippen LogP contribution >= 0.6 is 11.3 Å². The van der Waals surface area contributed by atoms with Gasteiger partial charge in [0.25, 0.3) is 0 Å². The van der Waals surface area contributed by atoms with Crippen LogP contribution in [0, 0.1) is 12.8 Å². The number of imidazole rings is 1. The van der Waals surface area contributed by atoms with Gasteiger partial charge in [-0.3, -0.25) is 0 Å². The van der Waals surface area contributed by atoms with E-state index in [1.54, 1.807) is 30.5 Å². The molecule has 0 N–H and O–H groups in total. The Labute approximate surface area is 204 Å². The molecule has 3 aromatic heterocycles. The zero-order chi connectivity index (χ0) is 24.1. The molecule has 0 aliphatic heterocycles. The maximum atomic E-state index is 13.4. The molecule has 0 unspecified atom stereocenters. The summed E-state index contributed by atoms with van der Waals surface area (Å²) in [5, 5.41) is 5.63. The highest BCUT2D eigenvalue weighted by atomic mass is 32.2. The van der Waals surface area contributed by atoms with Gasteiger partial charge in [0.1, 0.15) is 10.0 Å². The molecule has 34 heavy (non-hydrogen) atoms. The number of nitrogens with zero attached hydrogens (tertiary/aromatic N) is 4. The van der Waals surface area contributed by atoms with Crippen LogP contribution in [0.3, 0.4) is 0 Å². The van der Waals surface area contributed by atoms with Crippen LogP contribution in [0.15, 0.2) is 43.3 Å². The minimum Gasteiger partial charge on any atom is -0.339 e. The molecule has 3 heterocycles. The number of hydrogen-bond acceptors (Lipinski definition) is 7. The molecule has 0 amide bonds. The van der Waals surface area contributed by atoms with Gasteiger partial charge in [0.15, 0.2) is 0 Å². The SMILES string of the molecule is Cc1nc(-c2csc(S(=O)(=O)c3ccc4c(c3)nc(C(C)(C)C)n4CC3CCCCC3)c2)no1. The molecule has 180 valence electrons. The number of rotatable bonds is 5. The van der Waals surface area contributed by atoms with Gasteiger partial charge in [0.2, 0.25) is 21.6 Å². The average molecular weight is 499 g/mol. The minimum absolute atomic E-state index is 0.141. The van der Waals surface area contributed by atoms with E-state index in [9.17, 15) is 8.42 Å². The quantitative estimate of drug-likeness (QED) is 0.327. The molecule has 1 fully saturated rings. The second kappa shape index (κ2) is 8.61. The number of aryl methyl sites for hydroxylation is 1. The van der Waals surface area contributed by atoms with Crippen molar-refractivity contribution in [3.63, 3.8) is 0 Å². The Bertz CT molecular complexity index is 1430. The number of hydrogen-bond donors (Lipinski definition) is 0. The third kappa shape index (κ3) is 4.31. The van der Waals surface area contributed by atoms with E-state index in [0.717, 1.165) is 34.7 Å². The molecule has 9 heteroatoms. The standard InChI is InChI=1S/C25H30N4O3S2/c1-16-26-23(28-32-16)18-12-22(33-15-18)34(30,31)19-10-11-21-20(13-19)27-24(25(2,3)4)29(21)14-17-8-6-5-7-9-17/h10-13,15,17H,5-9,14H2,1-4H3. The fourth-order valence-corrected chi connectivity index (χ4v) is 7.35. The van der Waals surface area contributed by atoms with Gasteiger partial charge in [-0.25, -0.2) is 13.4 Å². The molecule has 1 aliphatic rings. The van der Waals surface area contributed by atoms with E-state index in [2.05, 4.69) is 35.5 Å². The second-order valence-electron chi connectivity index (χ2n) is 10.2. The summed E-state index contributed by atoms with van der Waals surface area (Å²) in [5.41, 5.74) is 2.22. The normalized spacial score (nSPS) is 15.9. The number of fused-ring (bicyclic) bond motifs is 1. The van der Waals surface area contributed by atoms with Gasteiger partial charge in [0, 0.05) is 29.8 Å². The van der Waals surface area contributed by atoms with Crippen LogP contribution in [-0.4, -0.2) is 28.1 Å². The van der Waals surface area contributed by atoms with Crippen LogP contribution in [0.4, 0.5) is 0 Å². The molecule has 0 atom stereocenters. The summed E-state index contributed by atoms with van der Waals surface area (Å²) in [7, 11) is -3.69. The molecule has 1 aromatic carbocycles. The van der Waals surface area contributed by atoms with Gasteiger partial charge < -0.3 is 9.09 Å². The molecule has 1 saturated carbocycles. The Morgan fingerprint density at radius 3 is 2.56 bits per heavy atom. The maximum absolute atomic E-state index is 13.4. The van der Waals surface area contributed by atoms with Gasteiger partial charge in [-0.2, -0.15) is 4.98 Å². The van der Waals surface area contributed by atoms with Crippen molar-refractivity contribution in [3.8, 4) is 11.4 Å². The Morgan fingerprint density at radius 2 is 1.88 bits per heavy atom. The van der Waals surface area contributed by atoms with Crippen molar-refractivity contribution < 1.29 is 12.9 Å². The third-order valence-electron chi connectivity index (χ3n) is 6.49. The van der Waals surface area contributed by atoms with E-state index in [0.29, 0.717) is 23.2 Å². The summed E-state index contributed by atoms with van der Waals surface area (Å²) in [6.07, 6.45) is 6.39. The zero-order valence-electron chi connectivity index (χ0n) is 20.0. The first kappa shape index (κ1) is 23.2. The highest BCUT2D eigenvalue weighted by Crippen LogP contribution is 2.35. The van der Waals surface area contributed by atoms with Crippen LogP contribution < -0.4 is 0 Å². The molecule has 5 rings (SSSR count). The lowest BCUT2D eigenvalue weighted by molar-refractivity contribution is 0.313. The van der Waals surface area contributed by atoms with Crippen LogP contribution in [0.1, 0.15) is 64.6 Å². The van der Waals surface area contributed by atoms with Crippen LogP contribution in [0.5, 0.6) is 0 Å². The van der Waals surface area contributed by atoms with Gasteiger partial charge in [-0.1, -0.05) is 45.2 Å². The number of aromatic nitrogens is 4. The molecule has 0 spiro atoms. The van der Waals surface area contributed by atoms with Crippen molar-refractivity contribution >= 4 is 32.2 Å². The van der Waals surface area contributed by atoms with Crippen molar-refractivity contribution in [1.82, 2.24) is 19.7 Å². The van der Waals surface area contributed by atoms with E-state index >= 15 is 0 Å². The second-order valence-corrected chi connectivity index (χ2v) is 13.3. The average Bonchev–Trinajstić information content (AvgIpc) is 3.52. The molecular formula is C25H30N4O3S2. The Kier molecular flexibility index (Phi) is 5.88. The lowest BCUT2D eigenvalue weighted by Gasteiger charge is -2.26.